The van der Waals surface area contributed by atoms with Gasteiger partial charge in [0.2, 0.25) is 0 Å². The van der Waals surface area contributed by atoms with Gasteiger partial charge in [0.25, 0.3) is 0 Å². The molecule has 0 radical (unpaired) electrons. The summed E-state index contributed by atoms with van der Waals surface area (Å²) >= 11 is 0. The fourth-order valence-electron chi connectivity index (χ4n) is 3.14. The van der Waals surface area contributed by atoms with Gasteiger partial charge in [-0.3, -0.25) is 9.59 Å². The maximum absolute atomic E-state index is 11.6. The van der Waals surface area contributed by atoms with Crippen molar-refractivity contribution in [3.63, 3.8) is 0 Å². The van der Waals surface area contributed by atoms with E-state index in [1.165, 1.54) is 7.11 Å². The van der Waals surface area contributed by atoms with Crippen LogP contribution in [0.25, 0.3) is 21.5 Å². The lowest BCUT2D eigenvalue weighted by Crippen LogP contribution is -1.97. The summed E-state index contributed by atoms with van der Waals surface area (Å²) in [6, 6.07) is 9.24. The van der Waals surface area contributed by atoms with Crippen molar-refractivity contribution in [3.05, 3.63) is 47.0 Å². The van der Waals surface area contributed by atoms with Crippen LogP contribution in [0, 0.1) is 6.92 Å². The van der Waals surface area contributed by atoms with Crippen LogP contribution in [-0.4, -0.2) is 26.8 Å². The molecule has 0 spiro atoms. The highest BCUT2D eigenvalue weighted by molar-refractivity contribution is 6.13. The van der Waals surface area contributed by atoms with Gasteiger partial charge in [-0.15, -0.1) is 0 Å². The SMILES string of the molecule is COc1ccc2c(C)c3c(C=O)c(OC)ccc3cc2c1C=O. The molecule has 3 aromatic rings. The van der Waals surface area contributed by atoms with Crippen molar-refractivity contribution < 1.29 is 19.1 Å². The van der Waals surface area contributed by atoms with Crippen LogP contribution in [0.2, 0.25) is 0 Å². The van der Waals surface area contributed by atoms with Gasteiger partial charge in [-0.2, -0.15) is 0 Å². The number of rotatable bonds is 4. The van der Waals surface area contributed by atoms with E-state index in [0.29, 0.717) is 22.6 Å². The molecule has 0 unspecified atom stereocenters. The number of aryl methyl sites for hydroxylation is 1. The number of ether oxygens (including phenoxy) is 2. The highest BCUT2D eigenvalue weighted by Gasteiger charge is 2.15. The topological polar surface area (TPSA) is 52.6 Å². The first-order chi connectivity index (χ1) is 11.2. The van der Waals surface area contributed by atoms with Gasteiger partial charge in [0.15, 0.2) is 12.6 Å². The van der Waals surface area contributed by atoms with Gasteiger partial charge >= 0.3 is 0 Å². The molecule has 0 aliphatic heterocycles. The first-order valence-electron chi connectivity index (χ1n) is 7.17. The molecule has 0 aliphatic carbocycles. The van der Waals surface area contributed by atoms with Crippen molar-refractivity contribution in [2.45, 2.75) is 6.92 Å². The highest BCUT2D eigenvalue weighted by Crippen LogP contribution is 2.37. The second kappa shape index (κ2) is 5.72. The predicted octanol–water partition coefficient (Wildman–Crippen LogP) is 3.94. The van der Waals surface area contributed by atoms with E-state index in [1.54, 1.807) is 19.2 Å². The number of fused-ring (bicyclic) bond motifs is 2. The Morgan fingerprint density at radius 1 is 0.826 bits per heavy atom. The Morgan fingerprint density at radius 2 is 1.43 bits per heavy atom. The van der Waals surface area contributed by atoms with Crippen molar-refractivity contribution in [2.75, 3.05) is 14.2 Å². The molecular weight excluding hydrogens is 292 g/mol. The molecule has 116 valence electrons. The quantitative estimate of drug-likeness (QED) is 0.541. The molecule has 3 aromatic carbocycles. The Bertz CT molecular complexity index is 941. The number of carbonyl (C=O) groups excluding carboxylic acids is 2. The van der Waals surface area contributed by atoms with Crippen LogP contribution < -0.4 is 9.47 Å². The van der Waals surface area contributed by atoms with Gasteiger partial charge in [0.1, 0.15) is 11.5 Å². The van der Waals surface area contributed by atoms with Crippen molar-refractivity contribution in [2.24, 2.45) is 0 Å². The van der Waals surface area contributed by atoms with Crippen LogP contribution >= 0.6 is 0 Å². The largest absolute Gasteiger partial charge is 0.496 e. The fraction of sp³-hybridized carbons (Fsp3) is 0.158. The maximum Gasteiger partial charge on any atom is 0.154 e. The first-order valence-corrected chi connectivity index (χ1v) is 7.17. The zero-order chi connectivity index (χ0) is 16.6. The third kappa shape index (κ3) is 2.14. The molecule has 4 nitrogen and oxygen atoms in total. The number of hydrogen-bond acceptors (Lipinski definition) is 4. The van der Waals surface area contributed by atoms with E-state index in [4.69, 9.17) is 9.47 Å². The molecule has 0 saturated heterocycles. The van der Waals surface area contributed by atoms with Crippen LogP contribution in [0.15, 0.2) is 30.3 Å². The second-order valence-electron chi connectivity index (χ2n) is 5.29. The monoisotopic (exact) mass is 308 g/mol. The van der Waals surface area contributed by atoms with Crippen molar-refractivity contribution in [1.82, 2.24) is 0 Å². The Balaban J connectivity index is 2.54. The minimum atomic E-state index is 0.512. The zero-order valence-electron chi connectivity index (χ0n) is 13.2. The van der Waals surface area contributed by atoms with Crippen LogP contribution in [0.3, 0.4) is 0 Å². The van der Waals surface area contributed by atoms with Crippen LogP contribution in [0.4, 0.5) is 0 Å². The average molecular weight is 308 g/mol. The normalized spacial score (nSPS) is 10.7. The highest BCUT2D eigenvalue weighted by atomic mass is 16.5. The van der Waals surface area contributed by atoms with Crippen molar-refractivity contribution >= 4 is 34.1 Å². The molecule has 0 atom stereocenters. The van der Waals surface area contributed by atoms with E-state index in [9.17, 15) is 9.59 Å². The van der Waals surface area contributed by atoms with Gasteiger partial charge in [-0.25, -0.2) is 0 Å². The van der Waals surface area contributed by atoms with Crippen LogP contribution in [0.1, 0.15) is 26.3 Å². The van der Waals surface area contributed by atoms with E-state index in [0.717, 1.165) is 39.7 Å². The summed E-state index contributed by atoms with van der Waals surface area (Å²) in [4.78, 5) is 23.1. The summed E-state index contributed by atoms with van der Waals surface area (Å²) in [5.41, 5.74) is 1.97. The van der Waals surface area contributed by atoms with E-state index in [1.807, 2.05) is 25.1 Å². The minimum absolute atomic E-state index is 0.512. The standard InChI is InChI=1S/C19H16O4/c1-11-13-5-7-17(22-2)15(9-20)14(13)8-12-4-6-18(23-3)16(10-21)19(11)12/h4-10H,1-3H3. The second-order valence-corrected chi connectivity index (χ2v) is 5.29. The average Bonchev–Trinajstić information content (AvgIpc) is 2.59. The summed E-state index contributed by atoms with van der Waals surface area (Å²) in [5, 5.41) is 3.45. The molecular formula is C19H16O4. The van der Waals surface area contributed by atoms with Gasteiger partial charge in [-0.05, 0) is 52.2 Å². The predicted molar refractivity (Wildman–Crippen MR) is 90.1 cm³/mol. The van der Waals surface area contributed by atoms with E-state index >= 15 is 0 Å². The molecule has 0 aromatic heterocycles. The fourth-order valence-corrected chi connectivity index (χ4v) is 3.14. The summed E-state index contributed by atoms with van der Waals surface area (Å²) in [5.74, 6) is 1.08. The number of methoxy groups -OCH3 is 2. The number of aldehydes is 2. The van der Waals surface area contributed by atoms with Crippen molar-refractivity contribution in [1.29, 1.82) is 0 Å². The first kappa shape index (κ1) is 15.0. The number of benzene rings is 3. The van der Waals surface area contributed by atoms with E-state index in [2.05, 4.69) is 0 Å². The smallest absolute Gasteiger partial charge is 0.154 e. The lowest BCUT2D eigenvalue weighted by molar-refractivity contribution is 0.111. The molecule has 0 bridgehead atoms. The number of hydrogen-bond donors (Lipinski definition) is 0. The molecule has 3 rings (SSSR count). The van der Waals surface area contributed by atoms with Crippen molar-refractivity contribution in [3.8, 4) is 11.5 Å². The zero-order valence-corrected chi connectivity index (χ0v) is 13.2. The number of carbonyl (C=O) groups is 2. The Hall–Kier alpha value is -2.88. The molecule has 0 fully saturated rings. The summed E-state index contributed by atoms with van der Waals surface area (Å²) < 4.78 is 10.6. The van der Waals surface area contributed by atoms with Gasteiger partial charge in [0, 0.05) is 0 Å². The third-order valence-electron chi connectivity index (χ3n) is 4.24. The summed E-state index contributed by atoms with van der Waals surface area (Å²) in [7, 11) is 3.08. The minimum Gasteiger partial charge on any atom is -0.496 e. The molecule has 0 aliphatic rings. The van der Waals surface area contributed by atoms with Gasteiger partial charge in [-0.1, -0.05) is 12.1 Å². The Labute approximate surface area is 133 Å². The summed E-state index contributed by atoms with van der Waals surface area (Å²) in [6.45, 7) is 1.94. The molecule has 0 saturated carbocycles. The Kier molecular flexibility index (Phi) is 3.74. The lowest BCUT2D eigenvalue weighted by Gasteiger charge is -2.14. The van der Waals surface area contributed by atoms with Gasteiger partial charge < -0.3 is 9.47 Å². The van der Waals surface area contributed by atoms with Crippen LogP contribution in [0.5, 0.6) is 11.5 Å². The molecule has 0 N–H and O–H groups in total. The van der Waals surface area contributed by atoms with Gasteiger partial charge in [0.05, 0.1) is 25.3 Å². The Morgan fingerprint density at radius 3 is 2.04 bits per heavy atom. The maximum atomic E-state index is 11.6. The molecule has 4 heteroatoms. The molecule has 23 heavy (non-hydrogen) atoms. The van der Waals surface area contributed by atoms with Crippen LogP contribution in [-0.2, 0) is 0 Å². The molecule has 0 heterocycles. The van der Waals surface area contributed by atoms with E-state index in [-0.39, 0.29) is 0 Å². The molecule has 0 amide bonds. The summed E-state index contributed by atoms with van der Waals surface area (Å²) in [6.07, 6.45) is 1.61. The lowest BCUT2D eigenvalue weighted by atomic mass is 9.92. The van der Waals surface area contributed by atoms with E-state index < -0.39 is 0 Å². The third-order valence-corrected chi connectivity index (χ3v) is 4.24.